The van der Waals surface area contributed by atoms with Crippen LogP contribution in [-0.4, -0.2) is 11.5 Å². The molecule has 2 nitrogen and oxygen atoms in total. The van der Waals surface area contributed by atoms with Crippen LogP contribution >= 0.6 is 0 Å². The molecule has 0 radical (unpaired) electrons. The molecule has 0 saturated heterocycles. The number of pyridine rings is 1. The fraction of sp³-hybridized carbons (Fsp3) is 0.300. The summed E-state index contributed by atoms with van der Waals surface area (Å²) in [6.45, 7) is 0.890. The molecule has 0 aliphatic carbocycles. The summed E-state index contributed by atoms with van der Waals surface area (Å²) in [5.74, 6) is 3.51. The number of terminal acetylenes is 1. The van der Waals surface area contributed by atoms with Crippen LogP contribution in [0.4, 0.5) is 5.82 Å². The number of aromatic nitrogens is 1. The van der Waals surface area contributed by atoms with Gasteiger partial charge in [-0.2, -0.15) is 0 Å². The van der Waals surface area contributed by atoms with Crippen LogP contribution in [0.1, 0.15) is 12.8 Å². The molecule has 1 heterocycles. The Balaban J connectivity index is 2.21. The lowest BCUT2D eigenvalue weighted by molar-refractivity contribution is 0.901. The van der Waals surface area contributed by atoms with Gasteiger partial charge in [0.15, 0.2) is 0 Å². The zero-order chi connectivity index (χ0) is 8.65. The molecule has 0 bridgehead atoms. The summed E-state index contributed by atoms with van der Waals surface area (Å²) in [5.41, 5.74) is 0. The van der Waals surface area contributed by atoms with E-state index in [0.717, 1.165) is 25.2 Å². The van der Waals surface area contributed by atoms with E-state index in [-0.39, 0.29) is 0 Å². The van der Waals surface area contributed by atoms with Crippen LogP contribution in [-0.2, 0) is 0 Å². The third kappa shape index (κ3) is 3.07. The lowest BCUT2D eigenvalue weighted by Gasteiger charge is -2.01. The van der Waals surface area contributed by atoms with Gasteiger partial charge in [-0.15, -0.1) is 12.3 Å². The van der Waals surface area contributed by atoms with E-state index in [4.69, 9.17) is 6.42 Å². The summed E-state index contributed by atoms with van der Waals surface area (Å²) >= 11 is 0. The smallest absolute Gasteiger partial charge is 0.125 e. The number of hydrogen-bond donors (Lipinski definition) is 1. The van der Waals surface area contributed by atoms with Gasteiger partial charge in [-0.1, -0.05) is 6.07 Å². The first-order valence-corrected chi connectivity index (χ1v) is 4.02. The zero-order valence-corrected chi connectivity index (χ0v) is 6.96. The van der Waals surface area contributed by atoms with Crippen molar-refractivity contribution in [3.8, 4) is 12.3 Å². The fourth-order valence-corrected chi connectivity index (χ4v) is 0.874. The standard InChI is InChI=1S/C10H12N2/c1-2-3-5-8-11-10-7-4-6-9-12-10/h1,4,6-7,9H,3,5,8H2,(H,11,12). The van der Waals surface area contributed by atoms with Gasteiger partial charge in [0.1, 0.15) is 5.82 Å². The molecule has 1 N–H and O–H groups in total. The molecule has 1 rings (SSSR count). The van der Waals surface area contributed by atoms with E-state index in [1.165, 1.54) is 0 Å². The van der Waals surface area contributed by atoms with Crippen LogP contribution in [0.15, 0.2) is 24.4 Å². The molecule has 12 heavy (non-hydrogen) atoms. The largest absolute Gasteiger partial charge is 0.370 e. The van der Waals surface area contributed by atoms with Crippen molar-refractivity contribution in [3.05, 3.63) is 24.4 Å². The maximum absolute atomic E-state index is 5.11. The van der Waals surface area contributed by atoms with Gasteiger partial charge in [0.2, 0.25) is 0 Å². The SMILES string of the molecule is C#CCCCNc1ccccn1. The highest BCUT2D eigenvalue weighted by atomic mass is 15.0. The van der Waals surface area contributed by atoms with Gasteiger partial charge >= 0.3 is 0 Å². The molecule has 0 aliphatic rings. The average molecular weight is 160 g/mol. The number of unbranched alkanes of at least 4 members (excludes halogenated alkanes) is 1. The lowest BCUT2D eigenvalue weighted by Crippen LogP contribution is -2.01. The van der Waals surface area contributed by atoms with E-state index in [1.807, 2.05) is 18.2 Å². The fourth-order valence-electron chi connectivity index (χ4n) is 0.874. The normalized spacial score (nSPS) is 8.92. The number of hydrogen-bond acceptors (Lipinski definition) is 2. The Hall–Kier alpha value is -1.49. The van der Waals surface area contributed by atoms with E-state index in [2.05, 4.69) is 16.2 Å². The third-order valence-corrected chi connectivity index (χ3v) is 1.47. The minimum Gasteiger partial charge on any atom is -0.370 e. The van der Waals surface area contributed by atoms with Crippen molar-refractivity contribution < 1.29 is 0 Å². The quantitative estimate of drug-likeness (QED) is 0.537. The minimum atomic E-state index is 0.819. The molecule has 62 valence electrons. The van der Waals surface area contributed by atoms with Gasteiger partial charge in [-0.05, 0) is 18.6 Å². The predicted molar refractivity (Wildman–Crippen MR) is 50.8 cm³/mol. The molecule has 0 unspecified atom stereocenters. The van der Waals surface area contributed by atoms with Gasteiger partial charge in [0.25, 0.3) is 0 Å². The Kier molecular flexibility index (Phi) is 3.73. The second kappa shape index (κ2) is 5.20. The number of nitrogens with one attached hydrogen (secondary N) is 1. The van der Waals surface area contributed by atoms with Crippen LogP contribution in [0.3, 0.4) is 0 Å². The molecule has 1 aromatic heterocycles. The first-order chi connectivity index (χ1) is 5.93. The summed E-state index contributed by atoms with van der Waals surface area (Å²) in [7, 11) is 0. The minimum absolute atomic E-state index is 0.819. The van der Waals surface area contributed by atoms with Crippen LogP contribution in [0.2, 0.25) is 0 Å². The predicted octanol–water partition coefficient (Wildman–Crippen LogP) is 1.91. The third-order valence-electron chi connectivity index (χ3n) is 1.47. The Morgan fingerprint density at radius 2 is 2.42 bits per heavy atom. The molecule has 0 spiro atoms. The van der Waals surface area contributed by atoms with Crippen molar-refractivity contribution in [2.45, 2.75) is 12.8 Å². The van der Waals surface area contributed by atoms with Gasteiger partial charge < -0.3 is 5.32 Å². The maximum atomic E-state index is 5.11. The van der Waals surface area contributed by atoms with Crippen molar-refractivity contribution in [1.82, 2.24) is 4.98 Å². The van der Waals surface area contributed by atoms with Crippen LogP contribution < -0.4 is 5.32 Å². The highest BCUT2D eigenvalue weighted by Crippen LogP contribution is 1.99. The van der Waals surface area contributed by atoms with Gasteiger partial charge in [-0.25, -0.2) is 4.98 Å². The lowest BCUT2D eigenvalue weighted by atomic mass is 10.3. The van der Waals surface area contributed by atoms with E-state index >= 15 is 0 Å². The van der Waals surface area contributed by atoms with Crippen LogP contribution in [0.25, 0.3) is 0 Å². The summed E-state index contributed by atoms with van der Waals surface area (Å²) in [4.78, 5) is 4.11. The summed E-state index contributed by atoms with van der Waals surface area (Å²) in [5, 5.41) is 3.17. The Bertz CT molecular complexity index is 248. The van der Waals surface area contributed by atoms with Crippen molar-refractivity contribution in [2.24, 2.45) is 0 Å². The molecule has 0 amide bonds. The first-order valence-electron chi connectivity index (χ1n) is 4.02. The summed E-state index contributed by atoms with van der Waals surface area (Å²) in [6, 6.07) is 5.79. The number of anilines is 1. The van der Waals surface area contributed by atoms with E-state index in [9.17, 15) is 0 Å². The summed E-state index contributed by atoms with van der Waals surface area (Å²) < 4.78 is 0. The Labute approximate surface area is 73.0 Å². The van der Waals surface area contributed by atoms with E-state index in [0.29, 0.717) is 0 Å². The second-order valence-electron chi connectivity index (χ2n) is 2.45. The van der Waals surface area contributed by atoms with Gasteiger partial charge in [-0.3, -0.25) is 0 Å². The van der Waals surface area contributed by atoms with E-state index < -0.39 is 0 Å². The molecule has 0 aliphatic heterocycles. The van der Waals surface area contributed by atoms with Crippen molar-refractivity contribution in [2.75, 3.05) is 11.9 Å². The Morgan fingerprint density at radius 3 is 3.08 bits per heavy atom. The monoisotopic (exact) mass is 160 g/mol. The van der Waals surface area contributed by atoms with Crippen LogP contribution in [0.5, 0.6) is 0 Å². The molecule has 2 heteroatoms. The van der Waals surface area contributed by atoms with Crippen LogP contribution in [0, 0.1) is 12.3 Å². The van der Waals surface area contributed by atoms with E-state index in [1.54, 1.807) is 6.20 Å². The summed E-state index contributed by atoms with van der Waals surface area (Å²) in [6.07, 6.45) is 8.69. The maximum Gasteiger partial charge on any atom is 0.125 e. The van der Waals surface area contributed by atoms with Crippen molar-refractivity contribution >= 4 is 5.82 Å². The van der Waals surface area contributed by atoms with Gasteiger partial charge in [0, 0.05) is 19.2 Å². The molecule has 0 saturated carbocycles. The highest BCUT2D eigenvalue weighted by molar-refractivity contribution is 5.32. The number of rotatable bonds is 4. The highest BCUT2D eigenvalue weighted by Gasteiger charge is 1.88. The second-order valence-corrected chi connectivity index (χ2v) is 2.45. The Morgan fingerprint density at radius 1 is 1.50 bits per heavy atom. The number of nitrogens with zero attached hydrogens (tertiary/aromatic N) is 1. The topological polar surface area (TPSA) is 24.9 Å². The molecule has 1 aromatic rings. The van der Waals surface area contributed by atoms with Gasteiger partial charge in [0.05, 0.1) is 0 Å². The molecular weight excluding hydrogens is 148 g/mol. The average Bonchev–Trinajstić information content (AvgIpc) is 2.14. The molecular formula is C10H12N2. The molecule has 0 atom stereocenters. The molecule has 0 aromatic carbocycles. The van der Waals surface area contributed by atoms with Crippen molar-refractivity contribution in [1.29, 1.82) is 0 Å². The molecule has 0 fully saturated rings. The van der Waals surface area contributed by atoms with Crippen molar-refractivity contribution in [3.63, 3.8) is 0 Å². The zero-order valence-electron chi connectivity index (χ0n) is 6.96. The first kappa shape index (κ1) is 8.61.